The molecule has 0 aliphatic carbocycles. The highest BCUT2D eigenvalue weighted by atomic mass is 32.3. The second-order valence-electron chi connectivity index (χ2n) is 7.58. The summed E-state index contributed by atoms with van der Waals surface area (Å²) in [5, 5.41) is 7.17. The van der Waals surface area contributed by atoms with Gasteiger partial charge in [0.05, 0.1) is 18.6 Å². The lowest BCUT2D eigenvalue weighted by molar-refractivity contribution is -0.0317. The Labute approximate surface area is 161 Å². The van der Waals surface area contributed by atoms with Crippen LogP contribution < -0.4 is 5.32 Å². The molecule has 0 spiro atoms. The van der Waals surface area contributed by atoms with Crippen molar-refractivity contribution < 1.29 is 36.1 Å². The van der Waals surface area contributed by atoms with Crippen molar-refractivity contribution in [3.63, 3.8) is 0 Å². The topological polar surface area (TPSA) is 152 Å². The maximum Gasteiger partial charge on any atom is 0.418 e. The number of hydroxylamine groups is 2. The molecule has 3 amide bonds. The van der Waals surface area contributed by atoms with E-state index in [0.29, 0.717) is 29.4 Å². The highest BCUT2D eigenvalue weighted by Gasteiger charge is 2.48. The predicted molar refractivity (Wildman–Crippen MR) is 91.9 cm³/mol. The van der Waals surface area contributed by atoms with Crippen LogP contribution in [0.2, 0.25) is 0 Å². The van der Waals surface area contributed by atoms with Gasteiger partial charge in [0.15, 0.2) is 5.76 Å². The van der Waals surface area contributed by atoms with Gasteiger partial charge in [0.2, 0.25) is 0 Å². The first-order valence-corrected chi connectivity index (χ1v) is 9.98. The molecule has 0 aromatic carbocycles. The van der Waals surface area contributed by atoms with Gasteiger partial charge in [-0.05, 0) is 33.6 Å². The first kappa shape index (κ1) is 20.4. The lowest BCUT2D eigenvalue weighted by Crippen LogP contribution is -2.35. The number of hydrogen-bond donors (Lipinski definition) is 2. The van der Waals surface area contributed by atoms with Gasteiger partial charge in [-0.25, -0.2) is 9.59 Å². The maximum atomic E-state index is 12.4. The number of ether oxygens (including phenoxy) is 1. The number of carbonyl (C=O) groups is 2. The lowest BCUT2D eigenvalue weighted by atomic mass is 9.98. The molecule has 1 aromatic heterocycles. The van der Waals surface area contributed by atoms with E-state index in [1.165, 1.54) is 4.90 Å². The first-order chi connectivity index (χ1) is 12.9. The van der Waals surface area contributed by atoms with Crippen molar-refractivity contribution in [2.24, 2.45) is 0 Å². The van der Waals surface area contributed by atoms with Gasteiger partial charge in [0.1, 0.15) is 11.3 Å². The largest absolute Gasteiger partial charge is 0.444 e. The average Bonchev–Trinajstić information content (AvgIpc) is 3.11. The zero-order valence-corrected chi connectivity index (χ0v) is 16.4. The van der Waals surface area contributed by atoms with Crippen LogP contribution >= 0.6 is 0 Å². The van der Waals surface area contributed by atoms with E-state index in [2.05, 4.69) is 14.8 Å². The van der Waals surface area contributed by atoms with Crippen LogP contribution in [0.3, 0.4) is 0 Å². The van der Waals surface area contributed by atoms with Gasteiger partial charge in [-0.15, -0.1) is 4.28 Å². The molecule has 2 unspecified atom stereocenters. The third-order valence-electron chi connectivity index (χ3n) is 4.22. The number of nitrogens with one attached hydrogen (secondary N) is 1. The van der Waals surface area contributed by atoms with E-state index in [4.69, 9.17) is 13.8 Å². The fourth-order valence-corrected chi connectivity index (χ4v) is 3.57. The molecule has 13 heteroatoms. The quantitative estimate of drug-likeness (QED) is 0.675. The Morgan fingerprint density at radius 3 is 2.79 bits per heavy atom. The summed E-state index contributed by atoms with van der Waals surface area (Å²) in [5.41, 5.74) is -0.150. The molecule has 3 heterocycles. The number of alkyl carbamates (subject to hydrolysis) is 1. The summed E-state index contributed by atoms with van der Waals surface area (Å²) in [7, 11) is -4.79. The highest BCUT2D eigenvalue weighted by molar-refractivity contribution is 7.80. The van der Waals surface area contributed by atoms with Crippen molar-refractivity contribution in [3.05, 3.63) is 17.5 Å². The Bertz CT molecular complexity index is 862. The summed E-state index contributed by atoms with van der Waals surface area (Å²) in [5.74, 6) is 0.376. The summed E-state index contributed by atoms with van der Waals surface area (Å²) in [6, 6.07) is 0.0206. The van der Waals surface area contributed by atoms with Crippen LogP contribution in [0.4, 0.5) is 9.59 Å². The molecule has 3 rings (SSSR count). The van der Waals surface area contributed by atoms with Gasteiger partial charge in [-0.1, -0.05) is 5.16 Å². The third kappa shape index (κ3) is 4.72. The number of amides is 3. The first-order valence-electron chi connectivity index (χ1n) is 8.62. The van der Waals surface area contributed by atoms with E-state index in [0.717, 1.165) is 0 Å². The Hall–Kier alpha value is -2.38. The molecule has 0 radical (unpaired) electrons. The zero-order chi connectivity index (χ0) is 20.7. The zero-order valence-electron chi connectivity index (χ0n) is 15.6. The average molecular weight is 418 g/mol. The van der Waals surface area contributed by atoms with Crippen LogP contribution in [0.1, 0.15) is 51.1 Å². The van der Waals surface area contributed by atoms with Gasteiger partial charge >= 0.3 is 22.5 Å². The molecule has 2 N–H and O–H groups in total. The normalized spacial score (nSPS) is 22.5. The smallest absolute Gasteiger partial charge is 0.418 e. The summed E-state index contributed by atoms with van der Waals surface area (Å²) in [6.45, 7) is 5.53. The van der Waals surface area contributed by atoms with Crippen LogP contribution in [-0.4, -0.2) is 58.4 Å². The van der Waals surface area contributed by atoms with Crippen LogP contribution in [0.5, 0.6) is 0 Å². The molecule has 2 atom stereocenters. The molecule has 2 aliphatic rings. The number of carbonyl (C=O) groups excluding carboxylic acids is 2. The van der Waals surface area contributed by atoms with E-state index >= 15 is 0 Å². The molecule has 1 aromatic rings. The predicted octanol–water partition coefficient (Wildman–Crippen LogP) is 1.37. The Balaban J connectivity index is 1.63. The van der Waals surface area contributed by atoms with Crippen LogP contribution in [0.15, 0.2) is 10.6 Å². The standard InChI is InChI=1S/C15H22N4O8S/c1-15(2,3)25-13(20)16-7-10-6-11(17-26-10)12-5-4-9-8-18(12)14(21)19(9)27-28(22,23)24/h6,9,12H,4-5,7-8H2,1-3H3,(H,16,20)(H,22,23,24). The number of fused-ring (bicyclic) bond motifs is 2. The number of hydrogen-bond acceptors (Lipinski definition) is 8. The molecular formula is C15H22N4O8S. The van der Waals surface area contributed by atoms with Crippen LogP contribution in [0.25, 0.3) is 0 Å². The highest BCUT2D eigenvalue weighted by Crippen LogP contribution is 2.38. The third-order valence-corrected chi connectivity index (χ3v) is 4.57. The van der Waals surface area contributed by atoms with Gasteiger partial charge in [-0.3, -0.25) is 4.55 Å². The van der Waals surface area contributed by atoms with E-state index in [-0.39, 0.29) is 13.1 Å². The minimum absolute atomic E-state index is 0.0587. The molecule has 2 aliphatic heterocycles. The fourth-order valence-electron chi connectivity index (χ4n) is 3.18. The van der Waals surface area contributed by atoms with Crippen molar-refractivity contribution in [3.8, 4) is 0 Å². The number of aromatic nitrogens is 1. The summed E-state index contributed by atoms with van der Waals surface area (Å²) < 4.78 is 45.4. The maximum absolute atomic E-state index is 12.4. The number of piperidine rings is 1. The summed E-state index contributed by atoms with van der Waals surface area (Å²) >= 11 is 0. The van der Waals surface area contributed by atoms with Gasteiger partial charge in [-0.2, -0.15) is 13.5 Å². The molecule has 2 bridgehead atoms. The van der Waals surface area contributed by atoms with E-state index in [9.17, 15) is 18.0 Å². The molecule has 28 heavy (non-hydrogen) atoms. The van der Waals surface area contributed by atoms with Crippen LogP contribution in [0, 0.1) is 0 Å². The van der Waals surface area contributed by atoms with E-state index in [1.54, 1.807) is 26.8 Å². The molecule has 2 fully saturated rings. The van der Waals surface area contributed by atoms with Crippen molar-refractivity contribution in [2.75, 3.05) is 6.54 Å². The van der Waals surface area contributed by atoms with Gasteiger partial charge < -0.3 is 19.5 Å². The van der Waals surface area contributed by atoms with Crippen molar-refractivity contribution in [1.82, 2.24) is 20.4 Å². The Morgan fingerprint density at radius 2 is 2.14 bits per heavy atom. The van der Waals surface area contributed by atoms with Crippen molar-refractivity contribution >= 4 is 22.5 Å². The summed E-state index contributed by atoms with van der Waals surface area (Å²) in [4.78, 5) is 25.5. The monoisotopic (exact) mass is 418 g/mol. The minimum atomic E-state index is -4.79. The second kappa shape index (κ2) is 7.22. The molecular weight excluding hydrogens is 396 g/mol. The second-order valence-corrected chi connectivity index (χ2v) is 8.59. The molecule has 12 nitrogen and oxygen atoms in total. The van der Waals surface area contributed by atoms with Crippen LogP contribution in [-0.2, 0) is 26.0 Å². The molecule has 2 saturated heterocycles. The summed E-state index contributed by atoms with van der Waals surface area (Å²) in [6.07, 6.45) is 0.368. The van der Waals surface area contributed by atoms with E-state index in [1.807, 2.05) is 0 Å². The molecule has 0 saturated carbocycles. The van der Waals surface area contributed by atoms with Crippen molar-refractivity contribution in [2.45, 2.75) is 57.8 Å². The Kier molecular flexibility index (Phi) is 5.25. The minimum Gasteiger partial charge on any atom is -0.444 e. The molecule has 156 valence electrons. The fraction of sp³-hybridized carbons (Fsp3) is 0.667. The van der Waals surface area contributed by atoms with Gasteiger partial charge in [0, 0.05) is 12.6 Å². The number of urea groups is 1. The SMILES string of the molecule is CC(C)(C)OC(=O)NCc1cc(C2CCC3CN2C(=O)N3OS(=O)(=O)O)no1. The Morgan fingerprint density at radius 1 is 1.43 bits per heavy atom. The van der Waals surface area contributed by atoms with E-state index < -0.39 is 40.2 Å². The lowest BCUT2D eigenvalue weighted by Gasteiger charge is -2.28. The van der Waals surface area contributed by atoms with Gasteiger partial charge in [0.25, 0.3) is 0 Å². The van der Waals surface area contributed by atoms with Crippen molar-refractivity contribution in [1.29, 1.82) is 0 Å². The number of rotatable bonds is 5. The number of nitrogens with zero attached hydrogens (tertiary/aromatic N) is 3.